The SMILES string of the molecule is Brc1ccc2c(c1)CC[CH]O2. The first kappa shape index (κ1) is 7.17. The van der Waals surface area contributed by atoms with E-state index in [1.165, 1.54) is 5.56 Å². The second-order valence-corrected chi connectivity index (χ2v) is 3.49. The van der Waals surface area contributed by atoms with Crippen molar-refractivity contribution in [2.24, 2.45) is 0 Å². The van der Waals surface area contributed by atoms with Gasteiger partial charge in [-0.1, -0.05) is 15.9 Å². The van der Waals surface area contributed by atoms with E-state index >= 15 is 0 Å². The van der Waals surface area contributed by atoms with Gasteiger partial charge in [-0.05, 0) is 36.6 Å². The number of hydrogen-bond donors (Lipinski definition) is 0. The molecule has 0 aliphatic carbocycles. The van der Waals surface area contributed by atoms with Crippen molar-refractivity contribution in [1.29, 1.82) is 0 Å². The molecule has 1 nitrogen and oxygen atoms in total. The zero-order valence-corrected chi connectivity index (χ0v) is 7.60. The first-order chi connectivity index (χ1) is 5.36. The van der Waals surface area contributed by atoms with Crippen LogP contribution in [0.15, 0.2) is 22.7 Å². The van der Waals surface area contributed by atoms with Gasteiger partial charge in [0.25, 0.3) is 0 Å². The lowest BCUT2D eigenvalue weighted by Crippen LogP contribution is -2.02. The fraction of sp³-hybridized carbons (Fsp3) is 0.222. The third-order valence-electron chi connectivity index (χ3n) is 1.76. The van der Waals surface area contributed by atoms with Crippen LogP contribution < -0.4 is 4.74 Å². The largest absolute Gasteiger partial charge is 0.486 e. The summed E-state index contributed by atoms with van der Waals surface area (Å²) in [4.78, 5) is 0. The fourth-order valence-corrected chi connectivity index (χ4v) is 1.63. The van der Waals surface area contributed by atoms with Gasteiger partial charge in [0.05, 0.1) is 0 Å². The molecule has 1 heterocycles. The highest BCUT2D eigenvalue weighted by molar-refractivity contribution is 9.10. The summed E-state index contributed by atoms with van der Waals surface area (Å²) in [6.45, 7) is 1.86. The Morgan fingerprint density at radius 3 is 3.18 bits per heavy atom. The molecule has 57 valence electrons. The van der Waals surface area contributed by atoms with Crippen molar-refractivity contribution >= 4 is 15.9 Å². The van der Waals surface area contributed by atoms with Crippen LogP contribution in [0, 0.1) is 6.61 Å². The van der Waals surface area contributed by atoms with Gasteiger partial charge in [-0.25, -0.2) is 0 Å². The van der Waals surface area contributed by atoms with Crippen LogP contribution in [0.2, 0.25) is 0 Å². The zero-order valence-electron chi connectivity index (χ0n) is 6.01. The number of fused-ring (bicyclic) bond motifs is 1. The molecule has 1 aromatic carbocycles. The molecule has 1 radical (unpaired) electrons. The first-order valence-electron chi connectivity index (χ1n) is 3.63. The summed E-state index contributed by atoms with van der Waals surface area (Å²) in [5, 5.41) is 0. The minimum Gasteiger partial charge on any atom is -0.486 e. The summed E-state index contributed by atoms with van der Waals surface area (Å²) < 4.78 is 6.46. The maximum atomic E-state index is 5.33. The second-order valence-electron chi connectivity index (χ2n) is 2.58. The van der Waals surface area contributed by atoms with E-state index in [2.05, 4.69) is 22.0 Å². The van der Waals surface area contributed by atoms with Gasteiger partial charge in [0.1, 0.15) is 12.4 Å². The summed E-state index contributed by atoms with van der Waals surface area (Å²) >= 11 is 3.42. The predicted octanol–water partition coefficient (Wildman–Crippen LogP) is 2.94. The molecule has 0 N–H and O–H groups in total. The van der Waals surface area contributed by atoms with Crippen molar-refractivity contribution in [3.8, 4) is 5.75 Å². The van der Waals surface area contributed by atoms with Gasteiger partial charge in [0.15, 0.2) is 0 Å². The maximum Gasteiger partial charge on any atom is 0.136 e. The van der Waals surface area contributed by atoms with Crippen LogP contribution in [-0.2, 0) is 6.42 Å². The Morgan fingerprint density at radius 1 is 1.36 bits per heavy atom. The highest BCUT2D eigenvalue weighted by atomic mass is 79.9. The van der Waals surface area contributed by atoms with Crippen molar-refractivity contribution < 1.29 is 4.74 Å². The number of benzene rings is 1. The van der Waals surface area contributed by atoms with E-state index in [4.69, 9.17) is 4.74 Å². The molecule has 0 unspecified atom stereocenters. The summed E-state index contributed by atoms with van der Waals surface area (Å²) in [7, 11) is 0. The molecule has 2 rings (SSSR count). The van der Waals surface area contributed by atoms with Crippen LogP contribution in [0.4, 0.5) is 0 Å². The molecule has 0 spiro atoms. The van der Waals surface area contributed by atoms with Gasteiger partial charge >= 0.3 is 0 Å². The van der Waals surface area contributed by atoms with Gasteiger partial charge < -0.3 is 4.74 Å². The molecule has 1 aliphatic rings. The number of hydrogen-bond acceptors (Lipinski definition) is 1. The maximum absolute atomic E-state index is 5.33. The Hall–Kier alpha value is -0.500. The minimum atomic E-state index is 0.999. The second kappa shape index (κ2) is 2.86. The van der Waals surface area contributed by atoms with E-state index in [1.807, 2.05) is 18.7 Å². The van der Waals surface area contributed by atoms with Crippen LogP contribution in [0.5, 0.6) is 5.75 Å². The molecule has 1 aliphatic heterocycles. The Bertz CT molecular complexity index is 270. The van der Waals surface area contributed by atoms with Crippen LogP contribution in [0.25, 0.3) is 0 Å². The van der Waals surface area contributed by atoms with E-state index in [0.29, 0.717) is 0 Å². The predicted molar refractivity (Wildman–Crippen MR) is 47.4 cm³/mol. The highest BCUT2D eigenvalue weighted by Crippen LogP contribution is 2.28. The van der Waals surface area contributed by atoms with E-state index < -0.39 is 0 Å². The lowest BCUT2D eigenvalue weighted by molar-refractivity contribution is 0.366. The minimum absolute atomic E-state index is 0.999. The number of aryl methyl sites for hydroxylation is 1. The first-order valence-corrected chi connectivity index (χ1v) is 4.42. The van der Waals surface area contributed by atoms with E-state index in [0.717, 1.165) is 23.1 Å². The molecule has 0 fully saturated rings. The molecule has 1 aromatic rings. The van der Waals surface area contributed by atoms with Crippen molar-refractivity contribution in [3.05, 3.63) is 34.8 Å². The topological polar surface area (TPSA) is 9.23 Å². The summed E-state index contributed by atoms with van der Waals surface area (Å²) in [5.74, 6) is 0.999. The van der Waals surface area contributed by atoms with Crippen LogP contribution in [0.1, 0.15) is 12.0 Å². The normalized spacial score (nSPS) is 15.4. The van der Waals surface area contributed by atoms with E-state index in [-0.39, 0.29) is 0 Å². The quantitative estimate of drug-likeness (QED) is 0.642. The standard InChI is InChI=1S/C9H8BrO/c10-8-3-4-9-7(6-8)2-1-5-11-9/h3-6H,1-2H2. The van der Waals surface area contributed by atoms with E-state index in [1.54, 1.807) is 0 Å². The molecule has 0 saturated heterocycles. The molecule has 0 saturated carbocycles. The third kappa shape index (κ3) is 1.41. The van der Waals surface area contributed by atoms with E-state index in [9.17, 15) is 0 Å². The zero-order chi connectivity index (χ0) is 7.68. The van der Waals surface area contributed by atoms with Gasteiger partial charge in [-0.3, -0.25) is 0 Å². The smallest absolute Gasteiger partial charge is 0.136 e. The van der Waals surface area contributed by atoms with Gasteiger partial charge in [-0.15, -0.1) is 0 Å². The van der Waals surface area contributed by atoms with Gasteiger partial charge in [0.2, 0.25) is 0 Å². The lowest BCUT2D eigenvalue weighted by atomic mass is 10.1. The van der Waals surface area contributed by atoms with Crippen LogP contribution in [-0.4, -0.2) is 0 Å². The fourth-order valence-electron chi connectivity index (χ4n) is 1.22. The molecule has 2 heteroatoms. The summed E-state index contributed by atoms with van der Waals surface area (Å²) in [6.07, 6.45) is 2.11. The van der Waals surface area contributed by atoms with Crippen molar-refractivity contribution in [2.75, 3.05) is 0 Å². The van der Waals surface area contributed by atoms with Crippen LogP contribution in [0.3, 0.4) is 0 Å². The van der Waals surface area contributed by atoms with Gasteiger partial charge in [0, 0.05) is 4.47 Å². The Labute approximate surface area is 74.5 Å². The Balaban J connectivity index is 2.43. The average Bonchev–Trinajstić information content (AvgIpc) is 2.04. The van der Waals surface area contributed by atoms with Crippen molar-refractivity contribution in [2.45, 2.75) is 12.8 Å². The molecule has 11 heavy (non-hydrogen) atoms. The molecular weight excluding hydrogens is 204 g/mol. The monoisotopic (exact) mass is 211 g/mol. The summed E-state index contributed by atoms with van der Waals surface area (Å²) in [5.41, 5.74) is 1.29. The average molecular weight is 212 g/mol. The van der Waals surface area contributed by atoms with Crippen molar-refractivity contribution in [1.82, 2.24) is 0 Å². The molecule has 0 atom stereocenters. The molecule has 0 aromatic heterocycles. The van der Waals surface area contributed by atoms with Crippen LogP contribution >= 0.6 is 15.9 Å². The molecular formula is C9H8BrO. The highest BCUT2D eigenvalue weighted by Gasteiger charge is 2.09. The Kier molecular flexibility index (Phi) is 1.86. The summed E-state index contributed by atoms with van der Waals surface area (Å²) in [6, 6.07) is 6.11. The van der Waals surface area contributed by atoms with Crippen molar-refractivity contribution in [3.63, 3.8) is 0 Å². The number of rotatable bonds is 0. The number of ether oxygens (including phenoxy) is 1. The molecule has 0 amide bonds. The molecule has 0 bridgehead atoms. The van der Waals surface area contributed by atoms with Gasteiger partial charge in [-0.2, -0.15) is 0 Å². The lowest BCUT2D eigenvalue weighted by Gasteiger charge is -2.15. The Morgan fingerprint density at radius 2 is 2.27 bits per heavy atom. The number of halogens is 1. The third-order valence-corrected chi connectivity index (χ3v) is 2.26.